The van der Waals surface area contributed by atoms with Crippen molar-refractivity contribution in [1.29, 1.82) is 0 Å². The van der Waals surface area contributed by atoms with E-state index in [4.69, 9.17) is 17.0 Å². The topological polar surface area (TPSA) is 50.4 Å². The fraction of sp³-hybridized carbons (Fsp3) is 0.333. The maximum atomic E-state index is 12.9. The predicted molar refractivity (Wildman–Crippen MR) is 71.0 cm³/mol. The van der Waals surface area contributed by atoms with E-state index in [1.54, 1.807) is 7.11 Å². The fourth-order valence-electron chi connectivity index (χ4n) is 1.27. The SMILES string of the molecule is COCCCNC(=S)NC(=O)c1cccc(F)c1. The number of thiocarbonyl (C=S) groups is 1. The van der Waals surface area contributed by atoms with Crippen LogP contribution in [0.4, 0.5) is 4.39 Å². The molecule has 0 aliphatic rings. The summed E-state index contributed by atoms with van der Waals surface area (Å²) in [5.41, 5.74) is 0.232. The summed E-state index contributed by atoms with van der Waals surface area (Å²) in [5, 5.41) is 5.56. The Morgan fingerprint density at radius 3 is 2.94 bits per heavy atom. The lowest BCUT2D eigenvalue weighted by atomic mass is 10.2. The van der Waals surface area contributed by atoms with E-state index in [2.05, 4.69) is 10.6 Å². The van der Waals surface area contributed by atoms with Gasteiger partial charge in [-0.25, -0.2) is 4.39 Å². The molecule has 0 heterocycles. The Bertz CT molecular complexity index is 426. The standard InChI is InChI=1S/C12H15FN2O2S/c1-17-7-3-6-14-12(18)15-11(16)9-4-2-5-10(13)8-9/h2,4-5,8H,3,6-7H2,1H3,(H2,14,15,16,18). The molecule has 0 aliphatic heterocycles. The summed E-state index contributed by atoms with van der Waals surface area (Å²) >= 11 is 4.94. The largest absolute Gasteiger partial charge is 0.385 e. The Kier molecular flexibility index (Phi) is 6.24. The summed E-state index contributed by atoms with van der Waals surface area (Å²) in [6.45, 7) is 1.23. The first kappa shape index (κ1) is 14.5. The number of benzene rings is 1. The van der Waals surface area contributed by atoms with Gasteiger partial charge in [-0.3, -0.25) is 10.1 Å². The van der Waals surface area contributed by atoms with Crippen LogP contribution in [0.5, 0.6) is 0 Å². The van der Waals surface area contributed by atoms with Crippen LogP contribution in [0.2, 0.25) is 0 Å². The van der Waals surface area contributed by atoms with Gasteiger partial charge in [-0.1, -0.05) is 6.07 Å². The van der Waals surface area contributed by atoms with Gasteiger partial charge in [0, 0.05) is 25.8 Å². The van der Waals surface area contributed by atoms with Crippen LogP contribution >= 0.6 is 12.2 Å². The smallest absolute Gasteiger partial charge is 0.257 e. The summed E-state index contributed by atoms with van der Waals surface area (Å²) in [4.78, 5) is 11.7. The number of methoxy groups -OCH3 is 1. The number of hydrogen-bond acceptors (Lipinski definition) is 3. The molecule has 0 saturated carbocycles. The first-order chi connectivity index (χ1) is 8.63. The van der Waals surface area contributed by atoms with E-state index in [9.17, 15) is 9.18 Å². The summed E-state index contributed by atoms with van der Waals surface area (Å²) in [5.74, 6) is -0.889. The Hall–Kier alpha value is -1.53. The molecule has 0 aromatic heterocycles. The zero-order valence-corrected chi connectivity index (χ0v) is 10.8. The van der Waals surface area contributed by atoms with Gasteiger partial charge in [0.15, 0.2) is 5.11 Å². The molecule has 0 aliphatic carbocycles. The molecular weight excluding hydrogens is 255 g/mol. The van der Waals surface area contributed by atoms with Gasteiger partial charge in [-0.05, 0) is 36.8 Å². The highest BCUT2D eigenvalue weighted by atomic mass is 32.1. The molecule has 2 N–H and O–H groups in total. The molecule has 0 spiro atoms. The third kappa shape index (κ3) is 5.20. The minimum atomic E-state index is -0.457. The molecule has 0 radical (unpaired) electrons. The molecular formula is C12H15FN2O2S. The molecule has 98 valence electrons. The monoisotopic (exact) mass is 270 g/mol. The number of hydrogen-bond donors (Lipinski definition) is 2. The average Bonchev–Trinajstić information content (AvgIpc) is 2.34. The maximum absolute atomic E-state index is 12.9. The highest BCUT2D eigenvalue weighted by Crippen LogP contribution is 2.02. The fourth-order valence-corrected chi connectivity index (χ4v) is 1.46. The van der Waals surface area contributed by atoms with Crippen molar-refractivity contribution in [2.75, 3.05) is 20.3 Å². The van der Waals surface area contributed by atoms with Gasteiger partial charge in [0.2, 0.25) is 0 Å². The van der Waals surface area contributed by atoms with Gasteiger partial charge in [0.1, 0.15) is 5.82 Å². The molecule has 0 saturated heterocycles. The molecule has 1 aromatic rings. The minimum Gasteiger partial charge on any atom is -0.385 e. The number of nitrogens with one attached hydrogen (secondary N) is 2. The van der Waals surface area contributed by atoms with Crippen molar-refractivity contribution in [2.24, 2.45) is 0 Å². The summed E-state index contributed by atoms with van der Waals surface area (Å²) in [6.07, 6.45) is 0.784. The van der Waals surface area contributed by atoms with Gasteiger partial charge in [-0.15, -0.1) is 0 Å². The minimum absolute atomic E-state index is 0.223. The number of carbonyl (C=O) groups excluding carboxylic acids is 1. The van der Waals surface area contributed by atoms with Gasteiger partial charge in [-0.2, -0.15) is 0 Å². The van der Waals surface area contributed by atoms with E-state index in [1.807, 2.05) is 0 Å². The Morgan fingerprint density at radius 1 is 1.50 bits per heavy atom. The van der Waals surface area contributed by atoms with Crippen molar-refractivity contribution >= 4 is 23.2 Å². The van der Waals surface area contributed by atoms with E-state index >= 15 is 0 Å². The molecule has 0 unspecified atom stereocenters. The Labute approximate surface area is 111 Å². The second kappa shape index (κ2) is 7.73. The number of carbonyl (C=O) groups is 1. The normalized spacial score (nSPS) is 9.89. The zero-order valence-electron chi connectivity index (χ0n) is 10.0. The maximum Gasteiger partial charge on any atom is 0.257 e. The van der Waals surface area contributed by atoms with Crippen molar-refractivity contribution in [2.45, 2.75) is 6.42 Å². The van der Waals surface area contributed by atoms with Crippen LogP contribution in [-0.4, -0.2) is 31.3 Å². The van der Waals surface area contributed by atoms with E-state index in [1.165, 1.54) is 18.2 Å². The van der Waals surface area contributed by atoms with Crippen LogP contribution in [0, 0.1) is 5.82 Å². The lowest BCUT2D eigenvalue weighted by molar-refractivity contribution is 0.0976. The number of halogens is 1. The van der Waals surface area contributed by atoms with E-state index in [0.717, 1.165) is 12.5 Å². The van der Waals surface area contributed by atoms with E-state index in [-0.39, 0.29) is 10.7 Å². The molecule has 0 atom stereocenters. The first-order valence-electron chi connectivity index (χ1n) is 5.47. The molecule has 6 heteroatoms. The molecule has 1 aromatic carbocycles. The summed E-state index contributed by atoms with van der Waals surface area (Å²) in [7, 11) is 1.62. The highest BCUT2D eigenvalue weighted by Gasteiger charge is 2.07. The molecule has 0 fully saturated rings. The van der Waals surface area contributed by atoms with Crippen molar-refractivity contribution in [3.63, 3.8) is 0 Å². The van der Waals surface area contributed by atoms with Gasteiger partial charge in [0.25, 0.3) is 5.91 Å². The molecule has 1 rings (SSSR count). The highest BCUT2D eigenvalue weighted by molar-refractivity contribution is 7.80. The van der Waals surface area contributed by atoms with E-state index in [0.29, 0.717) is 13.2 Å². The molecule has 1 amide bonds. The number of ether oxygens (including phenoxy) is 1. The molecule has 0 bridgehead atoms. The Balaban J connectivity index is 2.38. The van der Waals surface area contributed by atoms with E-state index < -0.39 is 11.7 Å². The van der Waals surface area contributed by atoms with Crippen LogP contribution in [0.3, 0.4) is 0 Å². The van der Waals surface area contributed by atoms with Crippen LogP contribution in [0.25, 0.3) is 0 Å². The van der Waals surface area contributed by atoms with Crippen LogP contribution in [0.1, 0.15) is 16.8 Å². The second-order valence-corrected chi connectivity index (χ2v) is 3.97. The number of amides is 1. The lowest BCUT2D eigenvalue weighted by Crippen LogP contribution is -2.39. The third-order valence-electron chi connectivity index (χ3n) is 2.12. The van der Waals surface area contributed by atoms with Crippen molar-refractivity contribution in [3.05, 3.63) is 35.6 Å². The van der Waals surface area contributed by atoms with Crippen LogP contribution in [-0.2, 0) is 4.74 Å². The number of rotatable bonds is 5. The van der Waals surface area contributed by atoms with Crippen molar-refractivity contribution < 1.29 is 13.9 Å². The van der Waals surface area contributed by atoms with Crippen molar-refractivity contribution in [1.82, 2.24) is 10.6 Å². The van der Waals surface area contributed by atoms with Crippen LogP contribution < -0.4 is 10.6 Å². The summed E-state index contributed by atoms with van der Waals surface area (Å²) < 4.78 is 17.8. The van der Waals surface area contributed by atoms with Crippen LogP contribution in [0.15, 0.2) is 24.3 Å². The molecule has 18 heavy (non-hydrogen) atoms. The quantitative estimate of drug-likeness (QED) is 0.628. The third-order valence-corrected chi connectivity index (χ3v) is 2.37. The summed E-state index contributed by atoms with van der Waals surface area (Å²) in [6, 6.07) is 5.42. The first-order valence-corrected chi connectivity index (χ1v) is 5.88. The zero-order chi connectivity index (χ0) is 13.4. The van der Waals surface area contributed by atoms with Gasteiger partial charge >= 0.3 is 0 Å². The lowest BCUT2D eigenvalue weighted by Gasteiger charge is -2.09. The predicted octanol–water partition coefficient (Wildman–Crippen LogP) is 1.47. The average molecular weight is 270 g/mol. The Morgan fingerprint density at radius 2 is 2.28 bits per heavy atom. The van der Waals surface area contributed by atoms with Gasteiger partial charge in [0.05, 0.1) is 0 Å². The van der Waals surface area contributed by atoms with Gasteiger partial charge < -0.3 is 10.1 Å². The van der Waals surface area contributed by atoms with Crippen molar-refractivity contribution in [3.8, 4) is 0 Å². The second-order valence-electron chi connectivity index (χ2n) is 3.57. The molecule has 4 nitrogen and oxygen atoms in total.